The predicted octanol–water partition coefficient (Wildman–Crippen LogP) is 6.88. The zero-order valence-corrected chi connectivity index (χ0v) is 15.3. The summed E-state index contributed by atoms with van der Waals surface area (Å²) in [5.41, 5.74) is -7.22. The van der Waals surface area contributed by atoms with Gasteiger partial charge >= 0.3 is 24.7 Å². The molecule has 2 heterocycles. The Balaban J connectivity index is 2.68. The Morgan fingerprint density at radius 3 is 1.84 bits per heavy atom. The molecule has 0 spiro atoms. The van der Waals surface area contributed by atoms with Crippen LogP contribution < -0.4 is 5.32 Å². The number of halogens is 14. The summed E-state index contributed by atoms with van der Waals surface area (Å²) in [4.78, 5) is 2.40. The van der Waals surface area contributed by atoms with E-state index in [-0.39, 0.29) is 12.1 Å². The number of nitrogens with zero attached hydrogens (tertiary/aromatic N) is 2. The maximum absolute atomic E-state index is 13.6. The average Bonchev–Trinajstić information content (AvgIpc) is 2.91. The molecular weight excluding hydrogens is 513 g/mol. The summed E-state index contributed by atoms with van der Waals surface area (Å²) in [5.74, 6) is -4.85. The zero-order valence-electron chi connectivity index (χ0n) is 13.7. The van der Waals surface area contributed by atoms with E-state index in [9.17, 15) is 57.1 Å². The van der Waals surface area contributed by atoms with Gasteiger partial charge in [-0.1, -0.05) is 23.4 Å². The van der Waals surface area contributed by atoms with E-state index in [4.69, 9.17) is 11.6 Å². The SMILES string of the molecule is F/C(=C1/SC(Nc2cc(C(F)(F)F)cc(Cl)n2)=NC1(C(F)(F)F)C(F)(F)F)C(F)(F)F. The minimum absolute atomic E-state index is 0.0830. The Bertz CT molecular complexity index is 913. The molecule has 1 aliphatic rings. The molecule has 1 aromatic heterocycles. The molecule has 0 radical (unpaired) electrons. The van der Waals surface area contributed by atoms with Crippen LogP contribution in [0.5, 0.6) is 0 Å². The van der Waals surface area contributed by atoms with Crippen molar-refractivity contribution in [2.75, 3.05) is 5.32 Å². The number of thioether (sulfide) groups is 1. The lowest BCUT2D eigenvalue weighted by Gasteiger charge is -2.31. The third kappa shape index (κ3) is 4.80. The highest BCUT2D eigenvalue weighted by molar-refractivity contribution is 8.17. The molecule has 1 N–H and O–H groups in total. The van der Waals surface area contributed by atoms with Gasteiger partial charge in [-0.15, -0.1) is 0 Å². The van der Waals surface area contributed by atoms with Crippen molar-refractivity contribution >= 4 is 34.3 Å². The van der Waals surface area contributed by atoms with Gasteiger partial charge in [0, 0.05) is 0 Å². The van der Waals surface area contributed by atoms with Crippen LogP contribution in [0.4, 0.5) is 62.9 Å². The number of amidine groups is 1. The number of allylic oxidation sites excluding steroid dienone is 1. The first-order valence-corrected chi connectivity index (χ1v) is 8.30. The number of hydrogen-bond acceptors (Lipinski definition) is 4. The summed E-state index contributed by atoms with van der Waals surface area (Å²) in [7, 11) is 0. The first-order valence-electron chi connectivity index (χ1n) is 7.10. The smallest absolute Gasteiger partial charge is 0.319 e. The maximum Gasteiger partial charge on any atom is 0.443 e. The highest BCUT2D eigenvalue weighted by Gasteiger charge is 2.77. The topological polar surface area (TPSA) is 37.3 Å². The van der Waals surface area contributed by atoms with Crippen LogP contribution in [-0.2, 0) is 6.18 Å². The number of hydrogen-bond donors (Lipinski definition) is 1. The Morgan fingerprint density at radius 2 is 1.42 bits per heavy atom. The number of anilines is 1. The molecule has 0 amide bonds. The van der Waals surface area contributed by atoms with Crippen LogP contribution in [-0.4, -0.2) is 34.2 Å². The minimum atomic E-state index is -6.61. The summed E-state index contributed by atoms with van der Waals surface area (Å²) < 4.78 is 169. The monoisotopic (exact) mass is 515 g/mol. The first-order chi connectivity index (χ1) is 13.7. The maximum atomic E-state index is 13.6. The average molecular weight is 516 g/mol. The predicted molar refractivity (Wildman–Crippen MR) is 81.9 cm³/mol. The summed E-state index contributed by atoms with van der Waals surface area (Å²) in [6, 6.07) is 0.334. The third-order valence-electron chi connectivity index (χ3n) is 3.42. The second-order valence-corrected chi connectivity index (χ2v) is 6.94. The highest BCUT2D eigenvalue weighted by Crippen LogP contribution is 2.59. The van der Waals surface area contributed by atoms with Crippen molar-refractivity contribution in [3.8, 4) is 0 Å². The molecule has 0 atom stereocenters. The Kier molecular flexibility index (Phi) is 6.21. The molecule has 18 heteroatoms. The van der Waals surface area contributed by atoms with Gasteiger partial charge in [0.15, 0.2) is 5.17 Å². The first kappa shape index (κ1) is 25.4. The lowest BCUT2D eigenvalue weighted by molar-refractivity contribution is -0.280. The van der Waals surface area contributed by atoms with Crippen LogP contribution in [0.15, 0.2) is 27.9 Å². The quantitative estimate of drug-likeness (QED) is 0.327. The van der Waals surface area contributed by atoms with Crippen molar-refractivity contribution in [3.05, 3.63) is 33.6 Å². The molecule has 3 nitrogen and oxygen atoms in total. The Morgan fingerprint density at radius 1 is 0.903 bits per heavy atom. The normalized spacial score (nSPS) is 19.4. The van der Waals surface area contributed by atoms with E-state index in [0.29, 0.717) is 0 Å². The molecule has 0 fully saturated rings. The van der Waals surface area contributed by atoms with Crippen molar-refractivity contribution < 1.29 is 57.1 Å². The van der Waals surface area contributed by atoms with Crippen molar-refractivity contribution in [3.63, 3.8) is 0 Å². The van der Waals surface area contributed by atoms with E-state index < -0.39 is 74.4 Å². The van der Waals surface area contributed by atoms with Gasteiger partial charge in [-0.05, 0) is 12.1 Å². The molecule has 1 aliphatic heterocycles. The zero-order chi connectivity index (χ0) is 24.2. The van der Waals surface area contributed by atoms with Crippen molar-refractivity contribution in [1.29, 1.82) is 0 Å². The summed E-state index contributed by atoms with van der Waals surface area (Å²) in [6.45, 7) is 0. The summed E-state index contributed by atoms with van der Waals surface area (Å²) in [5, 5.41) is -1.10. The van der Waals surface area contributed by atoms with Gasteiger partial charge in [-0.3, -0.25) is 0 Å². The van der Waals surface area contributed by atoms with E-state index in [1.165, 1.54) is 5.32 Å². The number of rotatable bonds is 1. The van der Waals surface area contributed by atoms with Crippen LogP contribution in [0.25, 0.3) is 0 Å². The summed E-state index contributed by atoms with van der Waals surface area (Å²) >= 11 is 4.25. The highest BCUT2D eigenvalue weighted by atomic mass is 35.5. The van der Waals surface area contributed by atoms with Crippen molar-refractivity contribution in [2.45, 2.75) is 30.2 Å². The molecule has 174 valence electrons. The van der Waals surface area contributed by atoms with Gasteiger partial charge in [-0.2, -0.15) is 52.7 Å². The van der Waals surface area contributed by atoms with Gasteiger partial charge in [0.25, 0.3) is 5.54 Å². The fraction of sp³-hybridized carbons (Fsp3) is 0.385. The van der Waals surface area contributed by atoms with E-state index in [0.717, 1.165) is 0 Å². The largest absolute Gasteiger partial charge is 0.443 e. The number of alkyl halides is 12. The molecule has 0 saturated heterocycles. The number of pyridine rings is 1. The van der Waals surface area contributed by atoms with Crippen LogP contribution in [0.1, 0.15) is 5.56 Å². The van der Waals surface area contributed by atoms with Gasteiger partial charge in [0.05, 0.1) is 10.5 Å². The second kappa shape index (κ2) is 7.60. The van der Waals surface area contributed by atoms with Crippen LogP contribution >= 0.6 is 23.4 Å². The van der Waals surface area contributed by atoms with Crippen molar-refractivity contribution in [2.24, 2.45) is 4.99 Å². The standard InChI is InChI=1S/C13H3ClF13N3S/c14-4-1-3(10(16,17)18)2-5(28-4)29-8-30-9(12(22,23)24,13(25,26)27)7(31-8)6(15)11(19,20)21/h1-2H,(H,28,29,30)/b7-6+. The Labute approximate surface area is 171 Å². The van der Waals surface area contributed by atoms with Crippen molar-refractivity contribution in [1.82, 2.24) is 4.98 Å². The van der Waals surface area contributed by atoms with Gasteiger partial charge in [0.2, 0.25) is 5.83 Å². The molecular formula is C13H3ClF13N3S. The van der Waals surface area contributed by atoms with Gasteiger partial charge in [-0.25, -0.2) is 14.4 Å². The third-order valence-corrected chi connectivity index (χ3v) is 4.68. The van der Waals surface area contributed by atoms with Gasteiger partial charge < -0.3 is 5.32 Å². The van der Waals surface area contributed by atoms with E-state index >= 15 is 0 Å². The molecule has 0 aliphatic carbocycles. The molecule has 0 unspecified atom stereocenters. The molecule has 0 bridgehead atoms. The van der Waals surface area contributed by atoms with E-state index in [1.807, 2.05) is 0 Å². The van der Waals surface area contributed by atoms with E-state index in [2.05, 4.69) is 9.98 Å². The van der Waals surface area contributed by atoms with Gasteiger partial charge in [0.1, 0.15) is 11.0 Å². The Hall–Kier alpha value is -1.91. The fourth-order valence-corrected chi connectivity index (χ4v) is 3.53. The fourth-order valence-electron chi connectivity index (χ4n) is 2.16. The lowest BCUT2D eigenvalue weighted by Crippen LogP contribution is -2.55. The minimum Gasteiger partial charge on any atom is -0.319 e. The van der Waals surface area contributed by atoms with E-state index in [1.54, 1.807) is 0 Å². The molecule has 0 aromatic carbocycles. The molecule has 2 rings (SSSR count). The number of nitrogens with one attached hydrogen (secondary N) is 1. The van der Waals surface area contributed by atoms with Crippen LogP contribution in [0.2, 0.25) is 5.15 Å². The molecule has 31 heavy (non-hydrogen) atoms. The number of aliphatic imine (C=N–C) groups is 1. The van der Waals surface area contributed by atoms with Crippen LogP contribution in [0.3, 0.4) is 0 Å². The lowest BCUT2D eigenvalue weighted by atomic mass is 9.97. The molecule has 0 saturated carbocycles. The summed E-state index contributed by atoms with van der Waals surface area (Å²) in [6.07, 6.45) is -24.6. The molecule has 1 aromatic rings. The van der Waals surface area contributed by atoms with Crippen LogP contribution in [0, 0.1) is 0 Å². The number of aromatic nitrogens is 1. The second-order valence-electron chi connectivity index (χ2n) is 5.55.